The van der Waals surface area contributed by atoms with Crippen LogP contribution in [0.2, 0.25) is 0 Å². The van der Waals surface area contributed by atoms with Gasteiger partial charge in [-0.15, -0.1) is 0 Å². The number of aliphatic imine (C=N–C) groups is 1. The van der Waals surface area contributed by atoms with Gasteiger partial charge in [0.05, 0.1) is 18.0 Å². The number of carbonyl (C=O) groups is 2. The summed E-state index contributed by atoms with van der Waals surface area (Å²) in [6, 6.07) is 14.4. The second kappa shape index (κ2) is 9.49. The Morgan fingerprint density at radius 2 is 1.66 bits per heavy atom. The maximum absolute atomic E-state index is 14.0. The highest BCUT2D eigenvalue weighted by atomic mass is 32.2. The van der Waals surface area contributed by atoms with Crippen LogP contribution in [-0.4, -0.2) is 94.5 Å². The number of fused-ring (bicyclic) bond motifs is 1. The number of nitrogens with zero attached hydrogens (tertiary/aromatic N) is 6. The third-order valence-electron chi connectivity index (χ3n) is 9.10. The Hall–Kier alpha value is -3.57. The largest absolute Gasteiger partial charge is 0.342 e. The van der Waals surface area contributed by atoms with Crippen LogP contribution in [0.15, 0.2) is 53.7 Å². The highest BCUT2D eigenvalue weighted by Gasteiger charge is 2.52. The topological polar surface area (TPSA) is 108 Å². The molecule has 0 atom stereocenters. The van der Waals surface area contributed by atoms with Crippen molar-refractivity contribution < 1.29 is 18.0 Å². The zero-order valence-corrected chi connectivity index (χ0v) is 24.2. The van der Waals surface area contributed by atoms with Gasteiger partial charge in [-0.05, 0) is 48.9 Å². The van der Waals surface area contributed by atoms with E-state index in [4.69, 9.17) is 4.99 Å². The Morgan fingerprint density at radius 3 is 2.32 bits per heavy atom. The summed E-state index contributed by atoms with van der Waals surface area (Å²) in [5.74, 6) is 1.22. The summed E-state index contributed by atoms with van der Waals surface area (Å²) >= 11 is 0. The molecule has 0 radical (unpaired) electrons. The van der Waals surface area contributed by atoms with Crippen molar-refractivity contribution >= 4 is 38.6 Å². The van der Waals surface area contributed by atoms with E-state index in [-0.39, 0.29) is 36.7 Å². The van der Waals surface area contributed by atoms with E-state index in [1.165, 1.54) is 10.6 Å². The average molecular weight is 575 g/mol. The first-order valence-electron chi connectivity index (χ1n) is 14.3. The fourth-order valence-electron chi connectivity index (χ4n) is 6.43. The maximum Gasteiger partial charge on any atom is 0.256 e. The van der Waals surface area contributed by atoms with E-state index in [9.17, 15) is 18.0 Å². The van der Waals surface area contributed by atoms with Crippen LogP contribution in [0.1, 0.15) is 31.2 Å². The molecule has 3 aromatic rings. The number of amidine groups is 1. The van der Waals surface area contributed by atoms with Crippen molar-refractivity contribution in [1.29, 1.82) is 0 Å². The number of piperidine rings is 1. The Labute approximate surface area is 239 Å². The quantitative estimate of drug-likeness (QED) is 0.450. The van der Waals surface area contributed by atoms with Crippen LogP contribution >= 0.6 is 0 Å². The predicted molar refractivity (Wildman–Crippen MR) is 156 cm³/mol. The molecule has 4 aliphatic rings. The molecule has 3 aliphatic heterocycles. The van der Waals surface area contributed by atoms with Gasteiger partial charge in [0, 0.05) is 62.6 Å². The zero-order valence-electron chi connectivity index (χ0n) is 23.4. The molecule has 10 nitrogen and oxygen atoms in total. The van der Waals surface area contributed by atoms with Crippen LogP contribution in [0.25, 0.3) is 22.0 Å². The van der Waals surface area contributed by atoms with Gasteiger partial charge in [-0.2, -0.15) is 5.10 Å². The second-order valence-electron chi connectivity index (χ2n) is 12.0. The number of rotatable bonds is 6. The van der Waals surface area contributed by atoms with Gasteiger partial charge in [0.1, 0.15) is 11.4 Å². The summed E-state index contributed by atoms with van der Waals surface area (Å²) in [4.78, 5) is 35.2. The number of benzene rings is 2. The molecule has 0 unspecified atom stereocenters. The van der Waals surface area contributed by atoms with Crippen LogP contribution in [0.4, 0.5) is 0 Å². The van der Waals surface area contributed by atoms with E-state index in [0.717, 1.165) is 40.4 Å². The first-order chi connectivity index (χ1) is 19.6. The smallest absolute Gasteiger partial charge is 0.256 e. The van der Waals surface area contributed by atoms with Gasteiger partial charge in [-0.3, -0.25) is 24.2 Å². The second-order valence-corrected chi connectivity index (χ2v) is 14.0. The molecule has 214 valence electrons. The first-order valence-corrected chi connectivity index (χ1v) is 16.1. The van der Waals surface area contributed by atoms with Gasteiger partial charge in [0.25, 0.3) is 5.91 Å². The minimum Gasteiger partial charge on any atom is -0.342 e. The van der Waals surface area contributed by atoms with E-state index in [1.54, 1.807) is 4.90 Å². The van der Waals surface area contributed by atoms with Crippen LogP contribution < -0.4 is 0 Å². The lowest BCUT2D eigenvalue weighted by atomic mass is 9.88. The Morgan fingerprint density at radius 1 is 1.00 bits per heavy atom. The summed E-state index contributed by atoms with van der Waals surface area (Å²) in [5, 5.41) is 5.41. The van der Waals surface area contributed by atoms with Crippen molar-refractivity contribution in [1.82, 2.24) is 23.9 Å². The lowest BCUT2D eigenvalue weighted by Crippen LogP contribution is -2.57. The highest BCUT2D eigenvalue weighted by Crippen LogP contribution is 2.38. The molecule has 7 rings (SSSR count). The van der Waals surface area contributed by atoms with Crippen molar-refractivity contribution in [2.75, 3.05) is 39.0 Å². The van der Waals surface area contributed by atoms with Gasteiger partial charge in [0.15, 0.2) is 0 Å². The molecule has 0 bridgehead atoms. The molecule has 1 aromatic heterocycles. The van der Waals surface area contributed by atoms with Gasteiger partial charge in [-0.25, -0.2) is 12.7 Å². The van der Waals surface area contributed by atoms with E-state index < -0.39 is 15.6 Å². The zero-order chi connectivity index (χ0) is 28.5. The third kappa shape index (κ3) is 4.64. The molecular weight excluding hydrogens is 540 g/mol. The monoisotopic (exact) mass is 574 g/mol. The number of hydrogen-bond acceptors (Lipinski definition) is 6. The molecule has 0 N–H and O–H groups in total. The van der Waals surface area contributed by atoms with E-state index in [0.29, 0.717) is 38.3 Å². The number of amides is 2. The number of aryl methyl sites for hydroxylation is 1. The molecule has 1 saturated carbocycles. The van der Waals surface area contributed by atoms with E-state index in [2.05, 4.69) is 35.4 Å². The van der Waals surface area contributed by atoms with E-state index >= 15 is 0 Å². The van der Waals surface area contributed by atoms with Crippen LogP contribution in [0.3, 0.4) is 0 Å². The van der Waals surface area contributed by atoms with Crippen molar-refractivity contribution in [3.63, 3.8) is 0 Å². The van der Waals surface area contributed by atoms with Crippen molar-refractivity contribution in [2.24, 2.45) is 23.9 Å². The average Bonchev–Trinajstić information content (AvgIpc) is 3.68. The van der Waals surface area contributed by atoms with Crippen molar-refractivity contribution in [3.8, 4) is 11.1 Å². The lowest BCUT2D eigenvalue weighted by molar-refractivity contribution is -0.140. The molecule has 1 aliphatic carbocycles. The lowest BCUT2D eigenvalue weighted by Gasteiger charge is -2.42. The van der Waals surface area contributed by atoms with E-state index in [1.807, 2.05) is 35.0 Å². The standard InChI is InChI=1S/C30H34N6O4S/c1-33-26-10-9-24(15-25(26)16-31-33)21-3-5-22(6-4-21)27-32-30(11-13-35(14-12-30)41(2,39)40)29(38)36(27)19-20-17-34(18-20)28(37)23-7-8-23/h3-6,9-10,15-16,20,23H,7-8,11-14,17-19H2,1-2H3. The van der Waals surface area contributed by atoms with Gasteiger partial charge >= 0.3 is 0 Å². The Bertz CT molecular complexity index is 1680. The maximum atomic E-state index is 14.0. The molecule has 41 heavy (non-hydrogen) atoms. The summed E-state index contributed by atoms with van der Waals surface area (Å²) in [6.07, 6.45) is 5.76. The number of carbonyl (C=O) groups excluding carboxylic acids is 2. The number of aromatic nitrogens is 2. The molecule has 11 heteroatoms. The Balaban J connectivity index is 1.15. The molecule has 2 aromatic carbocycles. The number of likely N-dealkylation sites (tertiary alicyclic amines) is 1. The molecule has 2 amide bonds. The molecule has 4 heterocycles. The van der Waals surface area contributed by atoms with Crippen LogP contribution in [-0.2, 0) is 26.7 Å². The molecular formula is C30H34N6O4S. The SMILES string of the molecule is Cn1ncc2cc(-c3ccc(C4=NC5(CCN(S(C)(=O)=O)CC5)C(=O)N4CC4CN(C(=O)C5CC5)C4)cc3)ccc21. The summed E-state index contributed by atoms with van der Waals surface area (Å²) < 4.78 is 27.6. The van der Waals surface area contributed by atoms with Gasteiger partial charge in [-0.1, -0.05) is 30.3 Å². The molecule has 2 saturated heterocycles. The molecule has 3 fully saturated rings. The molecule has 1 spiro atoms. The Kier molecular flexibility index (Phi) is 6.09. The van der Waals surface area contributed by atoms with Crippen molar-refractivity contribution in [2.45, 2.75) is 31.2 Å². The summed E-state index contributed by atoms with van der Waals surface area (Å²) in [7, 11) is -1.40. The van der Waals surface area contributed by atoms with Crippen LogP contribution in [0.5, 0.6) is 0 Å². The normalized spacial score (nSPS) is 21.5. The van der Waals surface area contributed by atoms with Gasteiger partial charge in [0.2, 0.25) is 15.9 Å². The van der Waals surface area contributed by atoms with Gasteiger partial charge < -0.3 is 4.90 Å². The van der Waals surface area contributed by atoms with Crippen molar-refractivity contribution in [3.05, 3.63) is 54.2 Å². The number of sulfonamides is 1. The summed E-state index contributed by atoms with van der Waals surface area (Å²) in [6.45, 7) is 2.38. The fraction of sp³-hybridized carbons (Fsp3) is 0.467. The fourth-order valence-corrected chi connectivity index (χ4v) is 7.27. The number of hydrogen-bond donors (Lipinski definition) is 0. The third-order valence-corrected chi connectivity index (χ3v) is 10.4. The van der Waals surface area contributed by atoms with Crippen LogP contribution in [0, 0.1) is 11.8 Å². The summed E-state index contributed by atoms with van der Waals surface area (Å²) in [5.41, 5.74) is 3.12. The minimum absolute atomic E-state index is 0.0567. The first kappa shape index (κ1) is 26.3. The predicted octanol–water partition coefficient (Wildman–Crippen LogP) is 2.49. The highest BCUT2D eigenvalue weighted by molar-refractivity contribution is 7.88. The minimum atomic E-state index is -3.33.